The van der Waals surface area contributed by atoms with Gasteiger partial charge in [-0.2, -0.15) is 0 Å². The van der Waals surface area contributed by atoms with Crippen LogP contribution < -0.4 is 4.90 Å². The average molecular weight is 352 g/mol. The Hall–Kier alpha value is -2.99. The molecule has 134 valence electrons. The minimum Gasteiger partial charge on any atom is -0.507 e. The van der Waals surface area contributed by atoms with Gasteiger partial charge in [-0.25, -0.2) is 0 Å². The number of Topliss-reactive ketones (excluding diaryl/α,β-unsaturated/α-hetero) is 1. The molecule has 1 aromatic carbocycles. The summed E-state index contributed by atoms with van der Waals surface area (Å²) in [6, 6.07) is 11.7. The summed E-state index contributed by atoms with van der Waals surface area (Å²) in [6.45, 7) is 1.12. The number of aromatic nitrogens is 1. The lowest BCUT2D eigenvalue weighted by Crippen LogP contribution is -3.06. The molecule has 6 nitrogen and oxygen atoms in total. The molecule has 1 fully saturated rings. The fraction of sp³-hybridized carbons (Fsp3) is 0.250. The molecule has 0 radical (unpaired) electrons. The Balaban J connectivity index is 2.12. The highest BCUT2D eigenvalue weighted by molar-refractivity contribution is 6.46. The molecule has 1 atom stereocenters. The normalized spacial score (nSPS) is 19.3. The number of hydrogen-bond donors (Lipinski definition) is 2. The van der Waals surface area contributed by atoms with Gasteiger partial charge in [-0.1, -0.05) is 30.3 Å². The number of aliphatic hydroxyl groups is 1. The first kappa shape index (κ1) is 17.8. The summed E-state index contributed by atoms with van der Waals surface area (Å²) in [5.41, 5.74) is 1.40. The van der Waals surface area contributed by atoms with E-state index in [1.165, 1.54) is 4.90 Å². The van der Waals surface area contributed by atoms with Crippen LogP contribution in [0, 0.1) is 0 Å². The van der Waals surface area contributed by atoms with Crippen LogP contribution in [-0.2, 0) is 9.59 Å². The van der Waals surface area contributed by atoms with Crippen LogP contribution in [0.4, 0.5) is 0 Å². The molecule has 2 aromatic rings. The number of quaternary nitrogens is 1. The van der Waals surface area contributed by atoms with Crippen LogP contribution in [-0.4, -0.2) is 53.9 Å². The predicted octanol–water partition coefficient (Wildman–Crippen LogP) is 0.648. The number of amides is 1. The first-order chi connectivity index (χ1) is 12.5. The summed E-state index contributed by atoms with van der Waals surface area (Å²) in [6.07, 6.45) is 3.24. The number of rotatable bonds is 5. The molecule has 2 heterocycles. The minimum atomic E-state index is -0.651. The van der Waals surface area contributed by atoms with Crippen molar-refractivity contribution in [2.45, 2.75) is 6.04 Å². The molecule has 0 spiro atoms. The number of pyridine rings is 1. The average Bonchev–Trinajstić information content (AvgIpc) is 2.91. The SMILES string of the molecule is C[NH+](C)CCN1C(=O)C(=O)C(=C(O)c2ccccc2)[C@@H]1c1ccncc1. The first-order valence-electron chi connectivity index (χ1n) is 8.53. The summed E-state index contributed by atoms with van der Waals surface area (Å²) < 4.78 is 0. The zero-order valence-corrected chi connectivity index (χ0v) is 14.8. The van der Waals surface area contributed by atoms with Gasteiger partial charge in [0.2, 0.25) is 0 Å². The largest absolute Gasteiger partial charge is 0.507 e. The van der Waals surface area contributed by atoms with Crippen LogP contribution in [0.2, 0.25) is 0 Å². The van der Waals surface area contributed by atoms with Crippen molar-refractivity contribution in [3.63, 3.8) is 0 Å². The molecule has 2 N–H and O–H groups in total. The van der Waals surface area contributed by atoms with Gasteiger partial charge in [-0.3, -0.25) is 14.6 Å². The number of likely N-dealkylation sites (N-methyl/N-ethyl adjacent to an activating group) is 1. The molecule has 1 aliphatic heterocycles. The Kier molecular flexibility index (Phi) is 5.14. The third-order valence-electron chi connectivity index (χ3n) is 4.46. The van der Waals surface area contributed by atoms with Crippen molar-refractivity contribution < 1.29 is 19.6 Å². The number of benzene rings is 1. The second kappa shape index (κ2) is 7.49. The number of aliphatic hydroxyl groups excluding tert-OH is 1. The summed E-state index contributed by atoms with van der Waals surface area (Å²) in [5.74, 6) is -1.38. The minimum absolute atomic E-state index is 0.126. The fourth-order valence-corrected chi connectivity index (χ4v) is 3.10. The van der Waals surface area contributed by atoms with E-state index in [-0.39, 0.29) is 11.3 Å². The summed E-state index contributed by atoms with van der Waals surface area (Å²) in [4.78, 5) is 32.1. The zero-order valence-electron chi connectivity index (χ0n) is 14.8. The smallest absolute Gasteiger partial charge is 0.295 e. The van der Waals surface area contributed by atoms with E-state index >= 15 is 0 Å². The van der Waals surface area contributed by atoms with Crippen molar-refractivity contribution in [2.24, 2.45) is 0 Å². The Morgan fingerprint density at radius 2 is 1.77 bits per heavy atom. The van der Waals surface area contributed by atoms with Gasteiger partial charge in [0.1, 0.15) is 5.76 Å². The van der Waals surface area contributed by atoms with E-state index in [0.717, 1.165) is 5.56 Å². The highest BCUT2D eigenvalue weighted by Gasteiger charge is 2.46. The second-order valence-corrected chi connectivity index (χ2v) is 6.60. The van der Waals surface area contributed by atoms with E-state index in [1.54, 1.807) is 53.7 Å². The second-order valence-electron chi connectivity index (χ2n) is 6.60. The quantitative estimate of drug-likeness (QED) is 0.471. The number of carbonyl (C=O) groups is 2. The van der Waals surface area contributed by atoms with Gasteiger partial charge >= 0.3 is 0 Å². The molecule has 1 aliphatic rings. The highest BCUT2D eigenvalue weighted by Crippen LogP contribution is 2.38. The number of nitrogens with zero attached hydrogens (tertiary/aromatic N) is 2. The van der Waals surface area contributed by atoms with Crippen molar-refractivity contribution >= 4 is 17.4 Å². The van der Waals surface area contributed by atoms with Gasteiger partial charge < -0.3 is 14.9 Å². The Labute approximate surface area is 152 Å². The van der Waals surface area contributed by atoms with Crippen molar-refractivity contribution in [2.75, 3.05) is 27.2 Å². The fourth-order valence-electron chi connectivity index (χ4n) is 3.10. The molecule has 0 saturated carbocycles. The van der Waals surface area contributed by atoms with Gasteiger partial charge in [-0.05, 0) is 17.7 Å². The van der Waals surface area contributed by atoms with E-state index < -0.39 is 17.7 Å². The van der Waals surface area contributed by atoms with Crippen LogP contribution in [0.3, 0.4) is 0 Å². The molecule has 1 saturated heterocycles. The van der Waals surface area contributed by atoms with Crippen LogP contribution in [0.25, 0.3) is 5.76 Å². The van der Waals surface area contributed by atoms with Crippen molar-refractivity contribution in [3.05, 3.63) is 71.6 Å². The molecule has 0 unspecified atom stereocenters. The Morgan fingerprint density at radius 1 is 1.12 bits per heavy atom. The van der Waals surface area contributed by atoms with E-state index in [1.807, 2.05) is 20.2 Å². The lowest BCUT2D eigenvalue weighted by Gasteiger charge is -2.25. The third kappa shape index (κ3) is 3.36. The maximum atomic E-state index is 12.7. The number of likely N-dealkylation sites (tertiary alicyclic amines) is 1. The molecule has 3 rings (SSSR count). The van der Waals surface area contributed by atoms with Crippen LogP contribution in [0.15, 0.2) is 60.4 Å². The number of hydrogen-bond acceptors (Lipinski definition) is 4. The number of nitrogens with one attached hydrogen (secondary N) is 1. The summed E-state index contributed by atoms with van der Waals surface area (Å²) in [5, 5.41) is 10.8. The lowest BCUT2D eigenvalue weighted by molar-refractivity contribution is -0.857. The standard InChI is InChI=1S/C20H21N3O3/c1-22(2)12-13-23-17(14-8-10-21-11-9-14)16(19(25)20(23)26)18(24)15-6-4-3-5-7-15/h3-11,17,24H,12-13H2,1-2H3/p+1/t17-/m0/s1. The van der Waals surface area contributed by atoms with E-state index in [9.17, 15) is 14.7 Å². The Morgan fingerprint density at radius 3 is 2.38 bits per heavy atom. The van der Waals surface area contributed by atoms with Crippen LogP contribution >= 0.6 is 0 Å². The van der Waals surface area contributed by atoms with E-state index in [4.69, 9.17) is 0 Å². The number of ketones is 1. The lowest BCUT2D eigenvalue weighted by atomic mass is 9.96. The molecule has 1 amide bonds. The zero-order chi connectivity index (χ0) is 18.7. The maximum absolute atomic E-state index is 12.7. The summed E-state index contributed by atoms with van der Waals surface area (Å²) in [7, 11) is 3.98. The maximum Gasteiger partial charge on any atom is 0.295 e. The summed E-state index contributed by atoms with van der Waals surface area (Å²) >= 11 is 0. The first-order valence-corrected chi connectivity index (χ1v) is 8.53. The molecular weight excluding hydrogens is 330 g/mol. The van der Waals surface area contributed by atoms with Crippen molar-refractivity contribution in [1.82, 2.24) is 9.88 Å². The molecule has 1 aromatic heterocycles. The molecule has 0 aliphatic carbocycles. The van der Waals surface area contributed by atoms with E-state index in [2.05, 4.69) is 4.98 Å². The number of carbonyl (C=O) groups excluding carboxylic acids is 2. The van der Waals surface area contributed by atoms with E-state index in [0.29, 0.717) is 18.7 Å². The van der Waals surface area contributed by atoms with Crippen LogP contribution in [0.5, 0.6) is 0 Å². The van der Waals surface area contributed by atoms with Crippen LogP contribution in [0.1, 0.15) is 17.2 Å². The predicted molar refractivity (Wildman–Crippen MR) is 97.4 cm³/mol. The monoisotopic (exact) mass is 352 g/mol. The topological polar surface area (TPSA) is 74.9 Å². The van der Waals surface area contributed by atoms with Gasteiger partial charge in [0.25, 0.3) is 11.7 Å². The Bertz CT molecular complexity index is 832. The van der Waals surface area contributed by atoms with Gasteiger partial charge in [0.15, 0.2) is 0 Å². The molecule has 0 bridgehead atoms. The highest BCUT2D eigenvalue weighted by atomic mass is 16.3. The third-order valence-corrected chi connectivity index (χ3v) is 4.46. The van der Waals surface area contributed by atoms with Crippen molar-refractivity contribution in [3.8, 4) is 0 Å². The molecule has 6 heteroatoms. The van der Waals surface area contributed by atoms with Gasteiger partial charge in [0, 0.05) is 18.0 Å². The molecule has 26 heavy (non-hydrogen) atoms. The van der Waals surface area contributed by atoms with Gasteiger partial charge in [-0.15, -0.1) is 0 Å². The van der Waals surface area contributed by atoms with Gasteiger partial charge in [0.05, 0.1) is 38.8 Å². The van der Waals surface area contributed by atoms with Crippen molar-refractivity contribution in [1.29, 1.82) is 0 Å². The molecular formula is C20H22N3O3+.